The summed E-state index contributed by atoms with van der Waals surface area (Å²) in [5.41, 5.74) is 1.19. The van der Waals surface area contributed by atoms with Crippen molar-refractivity contribution in [2.45, 2.75) is 117 Å². The molecule has 0 unspecified atom stereocenters. The maximum atomic E-state index is 13.8. The third-order valence-corrected chi connectivity index (χ3v) is 15.4. The third-order valence-electron chi connectivity index (χ3n) is 13.2. The highest BCUT2D eigenvalue weighted by Gasteiger charge is 2.35. The van der Waals surface area contributed by atoms with Crippen LogP contribution in [0.15, 0.2) is 84.9 Å². The standard InChI is InChI=1S/C57H62N2O13S2/c1-3-11-40(60)35-68-42-25-29-44(30-26-42)70-55(63)37-17-21-39(22-18-37)57(65)72-47-32-31-46(50-51(47)74-53(59-50)52-58-45-13-7-8-14-48(45)73-52)71-56(64)38-19-15-36(16-20-38)54(62)69-43-27-23-41(24-28-43)66-33-9-5-6-10-34-67-49(61)12-4-2/h7-8,13-14,23-32,36-39H,3-6,9-12,15-22,33-35H2,1-2H3/t36-,37?,38-,39?. The molecule has 6 aromatic rings. The normalized spacial score (nSPS) is 17.5. The van der Waals surface area contributed by atoms with Crippen LogP contribution in [-0.4, -0.2) is 65.4 Å². The summed E-state index contributed by atoms with van der Waals surface area (Å²) >= 11 is 2.78. The third kappa shape index (κ3) is 14.7. The van der Waals surface area contributed by atoms with Crippen LogP contribution in [0.3, 0.4) is 0 Å². The van der Waals surface area contributed by atoms with Gasteiger partial charge in [0.25, 0.3) is 0 Å². The van der Waals surface area contributed by atoms with E-state index in [1.807, 2.05) is 38.1 Å². The fourth-order valence-corrected chi connectivity index (χ4v) is 11.0. The molecule has 0 N–H and O–H groups in total. The van der Waals surface area contributed by atoms with Gasteiger partial charge in [0.1, 0.15) is 39.8 Å². The van der Waals surface area contributed by atoms with Gasteiger partial charge in [0.05, 0.1) is 47.1 Å². The van der Waals surface area contributed by atoms with Crippen molar-refractivity contribution < 1.29 is 61.9 Å². The first-order chi connectivity index (χ1) is 36.0. The van der Waals surface area contributed by atoms with E-state index >= 15 is 0 Å². The number of esters is 5. The Morgan fingerprint density at radius 1 is 0.500 bits per heavy atom. The zero-order valence-corrected chi connectivity index (χ0v) is 43.5. The van der Waals surface area contributed by atoms with E-state index in [9.17, 15) is 28.8 Å². The van der Waals surface area contributed by atoms with E-state index in [0.717, 1.165) is 48.7 Å². The lowest BCUT2D eigenvalue weighted by molar-refractivity contribution is -0.145. The summed E-state index contributed by atoms with van der Waals surface area (Å²) in [5.74, 6) is -0.866. The number of benzene rings is 4. The van der Waals surface area contributed by atoms with Gasteiger partial charge in [-0.15, -0.1) is 22.7 Å². The molecule has 0 atom stereocenters. The first-order valence-corrected chi connectivity index (χ1v) is 27.5. The molecule has 2 heterocycles. The molecule has 0 amide bonds. The fraction of sp³-hybridized carbons (Fsp3) is 0.439. The Balaban J connectivity index is 0.825. The molecular formula is C57H62N2O13S2. The van der Waals surface area contributed by atoms with Gasteiger partial charge in [-0.1, -0.05) is 26.0 Å². The Labute approximate surface area is 438 Å². The van der Waals surface area contributed by atoms with Crippen molar-refractivity contribution in [3.63, 3.8) is 0 Å². The Kier molecular flexibility index (Phi) is 19.2. The number of carbonyl (C=O) groups excluding carboxylic acids is 6. The van der Waals surface area contributed by atoms with E-state index in [4.69, 9.17) is 43.1 Å². The van der Waals surface area contributed by atoms with Crippen molar-refractivity contribution in [2.24, 2.45) is 23.7 Å². The van der Waals surface area contributed by atoms with Crippen LogP contribution >= 0.6 is 22.7 Å². The summed E-state index contributed by atoms with van der Waals surface area (Å²) in [7, 11) is 0. The molecule has 4 aromatic carbocycles. The molecule has 8 rings (SSSR count). The maximum Gasteiger partial charge on any atom is 0.314 e. The van der Waals surface area contributed by atoms with E-state index in [-0.39, 0.29) is 53.6 Å². The monoisotopic (exact) mass is 1050 g/mol. The number of fused-ring (bicyclic) bond motifs is 2. The van der Waals surface area contributed by atoms with Gasteiger partial charge in [0, 0.05) is 12.8 Å². The summed E-state index contributed by atoms with van der Waals surface area (Å²) in [5, 5.41) is 1.26. The van der Waals surface area contributed by atoms with Crippen LogP contribution in [-0.2, 0) is 33.5 Å². The van der Waals surface area contributed by atoms with Crippen molar-refractivity contribution in [3.05, 3.63) is 84.9 Å². The van der Waals surface area contributed by atoms with Crippen molar-refractivity contribution in [1.82, 2.24) is 9.97 Å². The second-order valence-electron chi connectivity index (χ2n) is 18.8. The Morgan fingerprint density at radius 2 is 0.986 bits per heavy atom. The zero-order chi connectivity index (χ0) is 51.8. The molecule has 390 valence electrons. The van der Waals surface area contributed by atoms with Crippen LogP contribution in [0.1, 0.15) is 117 Å². The summed E-state index contributed by atoms with van der Waals surface area (Å²) in [6.07, 6.45) is 9.64. The lowest BCUT2D eigenvalue weighted by Gasteiger charge is -2.26. The SMILES string of the molecule is CCCC(=O)COc1ccc(OC(=O)C2CCC(C(=O)Oc3ccc(OC(=O)[C@H]4CC[C@H](C(=O)Oc5ccc(OCCCCCCOC(=O)CCC)cc5)CC4)c4nc(-c5nc6ccccc6s5)sc34)CC2)cc1. The number of unbranched alkanes of at least 4 members (excludes halogenated alkanes) is 3. The largest absolute Gasteiger partial charge is 0.494 e. The van der Waals surface area contributed by atoms with Crippen molar-refractivity contribution in [3.8, 4) is 44.5 Å². The quantitative estimate of drug-likeness (QED) is 0.0315. The number of carbonyl (C=O) groups is 6. The number of hydrogen-bond acceptors (Lipinski definition) is 17. The molecule has 15 nitrogen and oxygen atoms in total. The molecular weight excluding hydrogens is 985 g/mol. The number of ketones is 1. The van der Waals surface area contributed by atoms with Gasteiger partial charge in [-0.05, 0) is 163 Å². The molecule has 2 saturated carbocycles. The predicted molar refractivity (Wildman–Crippen MR) is 280 cm³/mol. The van der Waals surface area contributed by atoms with Gasteiger partial charge in [-0.2, -0.15) is 0 Å². The second kappa shape index (κ2) is 26.5. The average molecular weight is 1050 g/mol. The van der Waals surface area contributed by atoms with E-state index in [2.05, 4.69) is 0 Å². The number of para-hydroxylation sites is 1. The number of ether oxygens (including phenoxy) is 7. The van der Waals surface area contributed by atoms with E-state index in [1.165, 1.54) is 22.7 Å². The minimum Gasteiger partial charge on any atom is -0.494 e. The number of thiazole rings is 2. The smallest absolute Gasteiger partial charge is 0.314 e. The topological polar surface area (TPSA) is 193 Å². The highest BCUT2D eigenvalue weighted by molar-refractivity contribution is 7.28. The van der Waals surface area contributed by atoms with Gasteiger partial charge in [-0.25, -0.2) is 9.97 Å². The number of aromatic nitrogens is 2. The molecule has 0 aliphatic heterocycles. The Bertz CT molecular complexity index is 2850. The predicted octanol–water partition coefficient (Wildman–Crippen LogP) is 12.2. The van der Waals surface area contributed by atoms with E-state index in [0.29, 0.717) is 121 Å². The van der Waals surface area contributed by atoms with Crippen LogP contribution in [0.4, 0.5) is 0 Å². The summed E-state index contributed by atoms with van der Waals surface area (Å²) in [6, 6.07) is 24.5. The van der Waals surface area contributed by atoms with Gasteiger partial charge < -0.3 is 33.2 Å². The molecule has 2 aliphatic rings. The lowest BCUT2D eigenvalue weighted by Crippen LogP contribution is -2.30. The first-order valence-electron chi connectivity index (χ1n) is 25.8. The Hall–Kier alpha value is -6.72. The number of hydrogen-bond donors (Lipinski definition) is 0. The van der Waals surface area contributed by atoms with E-state index in [1.54, 1.807) is 60.7 Å². The van der Waals surface area contributed by atoms with Crippen LogP contribution in [0.2, 0.25) is 0 Å². The maximum absolute atomic E-state index is 13.8. The molecule has 0 bridgehead atoms. The molecule has 2 aromatic heterocycles. The van der Waals surface area contributed by atoms with E-state index < -0.39 is 23.8 Å². The molecule has 0 radical (unpaired) electrons. The van der Waals surface area contributed by atoms with Crippen molar-refractivity contribution >= 4 is 78.7 Å². The highest BCUT2D eigenvalue weighted by atomic mass is 32.1. The van der Waals surface area contributed by atoms with Crippen molar-refractivity contribution in [1.29, 1.82) is 0 Å². The minimum absolute atomic E-state index is 0.00730. The molecule has 74 heavy (non-hydrogen) atoms. The van der Waals surface area contributed by atoms with Gasteiger partial charge in [0.2, 0.25) is 0 Å². The number of Topliss-reactive ketones (excluding diaryl/α,β-unsaturated/α-hetero) is 1. The van der Waals surface area contributed by atoms with Gasteiger partial charge in [-0.3, -0.25) is 28.8 Å². The molecule has 17 heteroatoms. The number of nitrogens with zero attached hydrogens (tertiary/aromatic N) is 2. The van der Waals surface area contributed by atoms with Crippen molar-refractivity contribution in [2.75, 3.05) is 19.8 Å². The Morgan fingerprint density at radius 3 is 1.55 bits per heavy atom. The summed E-state index contributed by atoms with van der Waals surface area (Å²) in [4.78, 5) is 86.9. The summed E-state index contributed by atoms with van der Waals surface area (Å²) < 4.78 is 41.7. The second-order valence-corrected chi connectivity index (χ2v) is 20.8. The minimum atomic E-state index is -0.450. The average Bonchev–Trinajstić information content (AvgIpc) is 4.07. The number of rotatable bonds is 24. The molecule has 0 saturated heterocycles. The van der Waals surface area contributed by atoms with Crippen LogP contribution in [0.25, 0.3) is 30.4 Å². The summed E-state index contributed by atoms with van der Waals surface area (Å²) in [6.45, 7) is 4.88. The van der Waals surface area contributed by atoms with Crippen LogP contribution in [0.5, 0.6) is 34.5 Å². The fourth-order valence-electron chi connectivity index (χ4n) is 9.02. The van der Waals surface area contributed by atoms with Crippen LogP contribution in [0, 0.1) is 23.7 Å². The molecule has 2 aliphatic carbocycles. The van der Waals surface area contributed by atoms with Gasteiger partial charge in [0.15, 0.2) is 27.3 Å². The zero-order valence-electron chi connectivity index (χ0n) is 41.8. The highest BCUT2D eigenvalue weighted by Crippen LogP contribution is 2.44. The first kappa shape index (κ1) is 53.6. The molecule has 2 fully saturated rings. The lowest BCUT2D eigenvalue weighted by atomic mass is 9.82. The van der Waals surface area contributed by atoms with Crippen LogP contribution < -0.4 is 28.4 Å². The molecule has 0 spiro atoms. The van der Waals surface area contributed by atoms with Gasteiger partial charge >= 0.3 is 29.8 Å².